The smallest absolute Gasteiger partial charge is 0.308 e. The molecule has 1 aliphatic heterocycles. The number of halogens is 2. The van der Waals surface area contributed by atoms with Crippen LogP contribution in [0.2, 0.25) is 0 Å². The summed E-state index contributed by atoms with van der Waals surface area (Å²) in [6.45, 7) is 0.495. The molecule has 96 valence electrons. The molecule has 1 N–H and O–H groups in total. The molecule has 1 aliphatic rings. The van der Waals surface area contributed by atoms with Crippen LogP contribution in [0.4, 0.5) is 4.39 Å². The normalized spacial score (nSPS) is 19.0. The zero-order valence-corrected chi connectivity index (χ0v) is 11.0. The van der Waals surface area contributed by atoms with Gasteiger partial charge in [-0.05, 0) is 24.6 Å². The van der Waals surface area contributed by atoms with Gasteiger partial charge in [0, 0.05) is 17.6 Å². The highest BCUT2D eigenvalue weighted by Crippen LogP contribution is 2.21. The number of nitrogens with zero attached hydrogens (tertiary/aromatic N) is 1. The lowest BCUT2D eigenvalue weighted by Gasteiger charge is -2.16. The quantitative estimate of drug-likeness (QED) is 0.909. The Morgan fingerprint density at radius 1 is 1.44 bits per heavy atom. The van der Waals surface area contributed by atoms with Crippen molar-refractivity contribution in [3.05, 3.63) is 34.1 Å². The molecule has 2 rings (SSSR count). The molecule has 4 nitrogen and oxygen atoms in total. The number of carbonyl (C=O) groups is 2. The zero-order valence-electron chi connectivity index (χ0n) is 9.40. The van der Waals surface area contributed by atoms with E-state index in [4.69, 9.17) is 5.11 Å². The fourth-order valence-electron chi connectivity index (χ4n) is 1.98. The molecule has 1 heterocycles. The second kappa shape index (κ2) is 5.06. The van der Waals surface area contributed by atoms with Crippen LogP contribution in [0.15, 0.2) is 22.7 Å². The summed E-state index contributed by atoms with van der Waals surface area (Å²) >= 11 is 3.11. The first kappa shape index (κ1) is 13.0. The van der Waals surface area contributed by atoms with Crippen molar-refractivity contribution in [2.45, 2.75) is 6.42 Å². The standard InChI is InChI=1S/C12H11BrFNO3/c13-8-1-2-9(10(14)5-8)11(16)15-4-3-7(6-15)12(17)18/h1-2,5,7H,3-4,6H2,(H,17,18)/t7-/m1/s1. The Balaban J connectivity index is 2.15. The first-order valence-corrected chi connectivity index (χ1v) is 6.25. The number of benzene rings is 1. The fourth-order valence-corrected chi connectivity index (χ4v) is 2.31. The second-order valence-electron chi connectivity index (χ2n) is 4.20. The molecule has 0 radical (unpaired) electrons. The maximum absolute atomic E-state index is 13.6. The SMILES string of the molecule is O=C(O)[C@@H]1CCN(C(=O)c2ccc(Br)cc2F)C1. The molecule has 1 atom stereocenters. The molecule has 0 unspecified atom stereocenters. The van der Waals surface area contributed by atoms with Crippen LogP contribution in [-0.2, 0) is 4.79 Å². The summed E-state index contributed by atoms with van der Waals surface area (Å²) in [5.41, 5.74) is -0.0239. The third-order valence-corrected chi connectivity index (χ3v) is 3.48. The molecule has 0 aliphatic carbocycles. The monoisotopic (exact) mass is 315 g/mol. The van der Waals surface area contributed by atoms with Crippen molar-refractivity contribution in [2.24, 2.45) is 5.92 Å². The van der Waals surface area contributed by atoms with Crippen LogP contribution in [-0.4, -0.2) is 35.0 Å². The highest BCUT2D eigenvalue weighted by atomic mass is 79.9. The van der Waals surface area contributed by atoms with Gasteiger partial charge in [0.2, 0.25) is 0 Å². The largest absolute Gasteiger partial charge is 0.481 e. The summed E-state index contributed by atoms with van der Waals surface area (Å²) in [7, 11) is 0. The number of amides is 1. The van der Waals surface area contributed by atoms with E-state index in [0.717, 1.165) is 0 Å². The predicted octanol–water partition coefficient (Wildman–Crippen LogP) is 2.13. The van der Waals surface area contributed by atoms with Crippen molar-refractivity contribution >= 4 is 27.8 Å². The van der Waals surface area contributed by atoms with Gasteiger partial charge in [0.25, 0.3) is 5.91 Å². The van der Waals surface area contributed by atoms with E-state index in [1.807, 2.05) is 0 Å². The van der Waals surface area contributed by atoms with Gasteiger partial charge in [0.05, 0.1) is 11.5 Å². The van der Waals surface area contributed by atoms with Gasteiger partial charge in [-0.3, -0.25) is 9.59 Å². The van der Waals surface area contributed by atoms with E-state index in [9.17, 15) is 14.0 Å². The number of hydrogen-bond donors (Lipinski definition) is 1. The predicted molar refractivity (Wildman–Crippen MR) is 65.7 cm³/mol. The van der Waals surface area contributed by atoms with Gasteiger partial charge >= 0.3 is 5.97 Å². The number of likely N-dealkylation sites (tertiary alicyclic amines) is 1. The van der Waals surface area contributed by atoms with Gasteiger partial charge in [0.15, 0.2) is 0 Å². The van der Waals surface area contributed by atoms with Gasteiger partial charge in [-0.1, -0.05) is 15.9 Å². The van der Waals surface area contributed by atoms with Gasteiger partial charge in [-0.2, -0.15) is 0 Å². The van der Waals surface area contributed by atoms with Crippen molar-refractivity contribution in [3.63, 3.8) is 0 Å². The third kappa shape index (κ3) is 2.53. The maximum Gasteiger partial charge on any atom is 0.308 e. The average Bonchev–Trinajstić information content (AvgIpc) is 2.77. The number of aliphatic carboxylic acids is 1. The molecule has 0 spiro atoms. The molecule has 1 saturated heterocycles. The highest BCUT2D eigenvalue weighted by Gasteiger charge is 2.32. The van der Waals surface area contributed by atoms with E-state index >= 15 is 0 Å². The van der Waals surface area contributed by atoms with E-state index in [2.05, 4.69) is 15.9 Å². The lowest BCUT2D eigenvalue weighted by molar-refractivity contribution is -0.141. The molecule has 1 aromatic carbocycles. The second-order valence-corrected chi connectivity index (χ2v) is 5.11. The Bertz CT molecular complexity index is 506. The Kier molecular flexibility index (Phi) is 3.65. The summed E-state index contributed by atoms with van der Waals surface area (Å²) < 4.78 is 14.2. The van der Waals surface area contributed by atoms with Crippen LogP contribution < -0.4 is 0 Å². The summed E-state index contributed by atoms with van der Waals surface area (Å²) in [5, 5.41) is 8.86. The van der Waals surface area contributed by atoms with Crippen LogP contribution in [0, 0.1) is 11.7 Å². The van der Waals surface area contributed by atoms with E-state index in [1.165, 1.54) is 17.0 Å². The molecule has 1 aromatic rings. The highest BCUT2D eigenvalue weighted by molar-refractivity contribution is 9.10. The molecule has 0 saturated carbocycles. The van der Waals surface area contributed by atoms with Crippen LogP contribution in [0.1, 0.15) is 16.8 Å². The van der Waals surface area contributed by atoms with Crippen LogP contribution in [0.25, 0.3) is 0 Å². The number of carboxylic acids is 1. The van der Waals surface area contributed by atoms with Crippen LogP contribution >= 0.6 is 15.9 Å². The molecular formula is C12H11BrFNO3. The van der Waals surface area contributed by atoms with Crippen LogP contribution in [0.3, 0.4) is 0 Å². The van der Waals surface area contributed by atoms with E-state index < -0.39 is 23.6 Å². The fraction of sp³-hybridized carbons (Fsp3) is 0.333. The molecule has 1 fully saturated rings. The lowest BCUT2D eigenvalue weighted by atomic mass is 10.1. The number of hydrogen-bond acceptors (Lipinski definition) is 2. The minimum Gasteiger partial charge on any atom is -0.481 e. The minimum atomic E-state index is -0.915. The maximum atomic E-state index is 13.6. The van der Waals surface area contributed by atoms with Crippen molar-refractivity contribution in [1.82, 2.24) is 4.90 Å². The third-order valence-electron chi connectivity index (χ3n) is 2.99. The van der Waals surface area contributed by atoms with Gasteiger partial charge in [-0.25, -0.2) is 4.39 Å². The Morgan fingerprint density at radius 2 is 2.17 bits per heavy atom. The Hall–Kier alpha value is -1.43. The van der Waals surface area contributed by atoms with Gasteiger partial charge < -0.3 is 10.0 Å². The van der Waals surface area contributed by atoms with Crippen molar-refractivity contribution in [1.29, 1.82) is 0 Å². The number of carbonyl (C=O) groups excluding carboxylic acids is 1. The summed E-state index contributed by atoms with van der Waals surface area (Å²) in [6.07, 6.45) is 0.416. The molecular weight excluding hydrogens is 305 g/mol. The zero-order chi connectivity index (χ0) is 13.3. The molecule has 0 aromatic heterocycles. The van der Waals surface area contributed by atoms with Gasteiger partial charge in [-0.15, -0.1) is 0 Å². The van der Waals surface area contributed by atoms with E-state index in [0.29, 0.717) is 17.4 Å². The number of rotatable bonds is 2. The van der Waals surface area contributed by atoms with Crippen molar-refractivity contribution < 1.29 is 19.1 Å². The number of carboxylic acid groups (broad SMARTS) is 1. The molecule has 0 bridgehead atoms. The average molecular weight is 316 g/mol. The molecule has 18 heavy (non-hydrogen) atoms. The Morgan fingerprint density at radius 3 is 2.72 bits per heavy atom. The summed E-state index contributed by atoms with van der Waals surface area (Å²) in [4.78, 5) is 24.2. The van der Waals surface area contributed by atoms with E-state index in [-0.39, 0.29) is 12.1 Å². The summed E-state index contributed by atoms with van der Waals surface area (Å²) in [6, 6.07) is 4.20. The van der Waals surface area contributed by atoms with E-state index in [1.54, 1.807) is 6.07 Å². The Labute approximate surface area is 112 Å². The lowest BCUT2D eigenvalue weighted by Crippen LogP contribution is -2.30. The summed E-state index contributed by atoms with van der Waals surface area (Å²) in [5.74, 6) is -2.52. The topological polar surface area (TPSA) is 57.6 Å². The first-order chi connectivity index (χ1) is 8.49. The van der Waals surface area contributed by atoms with Gasteiger partial charge in [0.1, 0.15) is 5.82 Å². The first-order valence-electron chi connectivity index (χ1n) is 5.46. The molecule has 6 heteroatoms. The molecule has 1 amide bonds. The van der Waals surface area contributed by atoms with Crippen LogP contribution in [0.5, 0.6) is 0 Å². The van der Waals surface area contributed by atoms with Crippen molar-refractivity contribution in [3.8, 4) is 0 Å². The van der Waals surface area contributed by atoms with Crippen molar-refractivity contribution in [2.75, 3.05) is 13.1 Å². The minimum absolute atomic E-state index is 0.0239.